The van der Waals surface area contributed by atoms with Crippen LogP contribution in [0.25, 0.3) is 0 Å². The lowest BCUT2D eigenvalue weighted by Crippen LogP contribution is -2.57. The zero-order chi connectivity index (χ0) is 22.8. The Morgan fingerprint density at radius 3 is 2.39 bits per heavy atom. The first kappa shape index (κ1) is 23.2. The Bertz CT molecular complexity index is 1040. The number of carbonyl (C=O) groups is 2. The lowest BCUT2D eigenvalue weighted by atomic mass is 10.0. The number of carbonyl (C=O) groups excluding carboxylic acids is 2. The lowest BCUT2D eigenvalue weighted by Gasteiger charge is -2.36. The highest BCUT2D eigenvalue weighted by molar-refractivity contribution is 7.89. The second-order valence-electron chi connectivity index (χ2n) is 7.87. The third-order valence-electron chi connectivity index (χ3n) is 5.25. The number of phenolic OH excluding ortho intramolecular Hbond substituents is 1. The van der Waals surface area contributed by atoms with E-state index in [1.165, 1.54) is 27.8 Å². The van der Waals surface area contributed by atoms with Crippen molar-refractivity contribution in [1.82, 2.24) is 14.5 Å². The predicted octanol–water partition coefficient (Wildman–Crippen LogP) is 2.05. The largest absolute Gasteiger partial charge is 0.507 e. The summed E-state index contributed by atoms with van der Waals surface area (Å²) < 4.78 is 27.2. The number of sulfonamides is 1. The average Bonchev–Trinajstić information content (AvgIpc) is 3.28. The monoisotopic (exact) mass is 465 g/mol. The molecule has 0 radical (unpaired) electrons. The summed E-state index contributed by atoms with van der Waals surface area (Å²) in [5.74, 6) is -0.934. The fourth-order valence-electron chi connectivity index (χ4n) is 3.45. The lowest BCUT2D eigenvalue weighted by molar-refractivity contribution is -0.135. The first-order valence-corrected chi connectivity index (χ1v) is 12.4. The van der Waals surface area contributed by atoms with Crippen molar-refractivity contribution in [2.24, 2.45) is 5.92 Å². The predicted molar refractivity (Wildman–Crippen MR) is 119 cm³/mol. The molecule has 0 saturated carbocycles. The van der Waals surface area contributed by atoms with E-state index in [2.05, 4.69) is 5.32 Å². The molecule has 1 aromatic heterocycles. The van der Waals surface area contributed by atoms with E-state index in [1.54, 1.807) is 35.4 Å². The van der Waals surface area contributed by atoms with Gasteiger partial charge >= 0.3 is 0 Å². The molecule has 1 saturated heterocycles. The summed E-state index contributed by atoms with van der Waals surface area (Å²) in [6, 6.07) is 7.23. The number of piperazine rings is 1. The van der Waals surface area contributed by atoms with E-state index in [9.17, 15) is 23.1 Å². The summed E-state index contributed by atoms with van der Waals surface area (Å²) in [4.78, 5) is 27.5. The van der Waals surface area contributed by atoms with E-state index < -0.39 is 16.1 Å². The molecule has 2 amide bonds. The highest BCUT2D eigenvalue weighted by atomic mass is 32.2. The van der Waals surface area contributed by atoms with Crippen LogP contribution in [0, 0.1) is 12.8 Å². The van der Waals surface area contributed by atoms with Gasteiger partial charge in [-0.15, -0.1) is 11.3 Å². The van der Waals surface area contributed by atoms with Crippen LogP contribution in [0.1, 0.15) is 29.1 Å². The number of thiophene rings is 1. The summed E-state index contributed by atoms with van der Waals surface area (Å²) >= 11 is 1.30. The van der Waals surface area contributed by atoms with Gasteiger partial charge in [-0.25, -0.2) is 8.42 Å². The molecular formula is C21H27N3O5S2. The number of aromatic hydroxyl groups is 1. The normalized spacial score (nSPS) is 16.3. The van der Waals surface area contributed by atoms with E-state index in [4.69, 9.17) is 0 Å². The summed E-state index contributed by atoms with van der Waals surface area (Å²) in [5.41, 5.74) is 0.728. The molecule has 1 aliphatic heterocycles. The fraction of sp³-hybridized carbons (Fsp3) is 0.429. The number of phenols is 1. The van der Waals surface area contributed by atoms with Gasteiger partial charge in [0.25, 0.3) is 5.91 Å². The Morgan fingerprint density at radius 1 is 1.13 bits per heavy atom. The minimum absolute atomic E-state index is 0.116. The molecule has 1 aliphatic rings. The molecule has 1 atom stereocenters. The minimum Gasteiger partial charge on any atom is -0.507 e. The third-order valence-corrected chi connectivity index (χ3v) is 8.04. The second kappa shape index (κ2) is 9.37. The molecule has 2 heterocycles. The molecular weight excluding hydrogens is 438 g/mol. The van der Waals surface area contributed by atoms with E-state index in [1.807, 2.05) is 13.8 Å². The van der Waals surface area contributed by atoms with Crippen molar-refractivity contribution < 1.29 is 23.1 Å². The van der Waals surface area contributed by atoms with Crippen LogP contribution in [0.2, 0.25) is 0 Å². The highest BCUT2D eigenvalue weighted by Gasteiger charge is 2.35. The zero-order valence-electron chi connectivity index (χ0n) is 17.7. The standard InChI is InChI=1S/C21H27N3O5S2/c1-14(2)19(22-20(26)17-5-4-12-30-17)21(27)23-8-10-24(11-9-23)31(28,29)18-13-15(3)6-7-16(18)25/h4-7,12-14,19,25H,8-11H2,1-3H3,(H,22,26). The van der Waals surface area contributed by atoms with Crippen LogP contribution in [0.3, 0.4) is 0 Å². The Hall–Kier alpha value is -2.43. The Balaban J connectivity index is 1.68. The van der Waals surface area contributed by atoms with Crippen LogP contribution in [0.5, 0.6) is 5.75 Å². The molecule has 1 aromatic carbocycles. The molecule has 0 spiro atoms. The number of rotatable bonds is 6. The van der Waals surface area contributed by atoms with Crippen molar-refractivity contribution in [3.8, 4) is 5.75 Å². The molecule has 0 bridgehead atoms. The summed E-state index contributed by atoms with van der Waals surface area (Å²) in [6.07, 6.45) is 0. The van der Waals surface area contributed by atoms with E-state index in [0.29, 0.717) is 4.88 Å². The van der Waals surface area contributed by atoms with E-state index in [-0.39, 0.29) is 54.6 Å². The van der Waals surface area contributed by atoms with Gasteiger partial charge in [0.2, 0.25) is 15.9 Å². The van der Waals surface area contributed by atoms with E-state index >= 15 is 0 Å². The molecule has 0 aliphatic carbocycles. The summed E-state index contributed by atoms with van der Waals surface area (Å²) in [6.45, 7) is 6.13. The Labute approximate surface area is 186 Å². The van der Waals surface area contributed by atoms with Gasteiger partial charge in [0.15, 0.2) is 0 Å². The van der Waals surface area contributed by atoms with Crippen LogP contribution < -0.4 is 5.32 Å². The van der Waals surface area contributed by atoms with E-state index in [0.717, 1.165) is 5.56 Å². The molecule has 2 N–H and O–H groups in total. The number of hydrogen-bond donors (Lipinski definition) is 2. The van der Waals surface area contributed by atoms with Crippen molar-refractivity contribution in [3.63, 3.8) is 0 Å². The van der Waals surface area contributed by atoms with Crippen molar-refractivity contribution >= 4 is 33.2 Å². The smallest absolute Gasteiger partial charge is 0.262 e. The van der Waals surface area contributed by atoms with Crippen LogP contribution in [0.15, 0.2) is 40.6 Å². The van der Waals surface area contributed by atoms with Gasteiger partial charge in [-0.2, -0.15) is 4.31 Å². The first-order valence-electron chi connectivity index (χ1n) is 10.0. The topological polar surface area (TPSA) is 107 Å². The maximum atomic E-state index is 13.1. The SMILES string of the molecule is Cc1ccc(O)c(S(=O)(=O)N2CCN(C(=O)C(NC(=O)c3cccs3)C(C)C)CC2)c1. The summed E-state index contributed by atoms with van der Waals surface area (Å²) in [5, 5.41) is 14.6. The molecule has 8 nitrogen and oxygen atoms in total. The van der Waals surface area contributed by atoms with Gasteiger partial charge in [0, 0.05) is 26.2 Å². The van der Waals surface area contributed by atoms with Crippen LogP contribution >= 0.6 is 11.3 Å². The number of hydrogen-bond acceptors (Lipinski definition) is 6. The second-order valence-corrected chi connectivity index (χ2v) is 10.7. The van der Waals surface area contributed by atoms with Gasteiger partial charge in [-0.05, 0) is 42.0 Å². The van der Waals surface area contributed by atoms with Gasteiger partial charge in [-0.3, -0.25) is 9.59 Å². The molecule has 2 aromatic rings. The van der Waals surface area contributed by atoms with Crippen LogP contribution in [-0.2, 0) is 14.8 Å². The van der Waals surface area contributed by atoms with Gasteiger partial charge in [0.05, 0.1) is 4.88 Å². The van der Waals surface area contributed by atoms with Gasteiger partial charge in [0.1, 0.15) is 16.7 Å². The minimum atomic E-state index is -3.87. The fourth-order valence-corrected chi connectivity index (χ4v) is 5.66. The highest BCUT2D eigenvalue weighted by Crippen LogP contribution is 2.27. The number of benzene rings is 1. The van der Waals surface area contributed by atoms with Crippen molar-refractivity contribution in [2.45, 2.75) is 31.7 Å². The van der Waals surface area contributed by atoms with Crippen molar-refractivity contribution in [1.29, 1.82) is 0 Å². The number of nitrogens with one attached hydrogen (secondary N) is 1. The Kier molecular flexibility index (Phi) is 7.03. The van der Waals surface area contributed by atoms with Crippen LogP contribution in [-0.4, -0.2) is 66.8 Å². The van der Waals surface area contributed by atoms with Crippen molar-refractivity contribution in [3.05, 3.63) is 46.2 Å². The van der Waals surface area contributed by atoms with Gasteiger partial charge in [-0.1, -0.05) is 26.0 Å². The molecule has 31 heavy (non-hydrogen) atoms. The molecule has 3 rings (SSSR count). The summed E-state index contributed by atoms with van der Waals surface area (Å²) in [7, 11) is -3.87. The van der Waals surface area contributed by atoms with Crippen LogP contribution in [0.4, 0.5) is 0 Å². The third kappa shape index (κ3) is 5.08. The first-order chi connectivity index (χ1) is 14.6. The maximum Gasteiger partial charge on any atom is 0.262 e. The Morgan fingerprint density at radius 2 is 1.81 bits per heavy atom. The van der Waals surface area contributed by atoms with Gasteiger partial charge < -0.3 is 15.3 Å². The number of aryl methyl sites for hydroxylation is 1. The maximum absolute atomic E-state index is 13.1. The molecule has 168 valence electrons. The molecule has 10 heteroatoms. The quantitative estimate of drug-likeness (QED) is 0.679. The molecule has 1 unspecified atom stereocenters. The molecule has 1 fully saturated rings. The zero-order valence-corrected chi connectivity index (χ0v) is 19.4. The average molecular weight is 466 g/mol. The number of amides is 2. The number of nitrogens with zero attached hydrogens (tertiary/aromatic N) is 2. The van der Waals surface area contributed by atoms with Crippen molar-refractivity contribution in [2.75, 3.05) is 26.2 Å².